The normalized spacial score (nSPS) is 14.2. The van der Waals surface area contributed by atoms with Crippen LogP contribution in [-0.4, -0.2) is 65.6 Å². The van der Waals surface area contributed by atoms with Gasteiger partial charge in [-0.05, 0) is 36.7 Å². The molecule has 0 bridgehead atoms. The summed E-state index contributed by atoms with van der Waals surface area (Å²) in [6.07, 6.45) is -0.400. The fraction of sp³-hybridized carbons (Fsp3) is 0.276. The van der Waals surface area contributed by atoms with Gasteiger partial charge in [-0.25, -0.2) is 9.97 Å². The van der Waals surface area contributed by atoms with Crippen molar-refractivity contribution in [3.05, 3.63) is 79.1 Å². The van der Waals surface area contributed by atoms with E-state index in [0.717, 1.165) is 62.5 Å². The first-order valence-electron chi connectivity index (χ1n) is 12.7. The third-order valence-corrected chi connectivity index (χ3v) is 6.27. The summed E-state index contributed by atoms with van der Waals surface area (Å²) in [4.78, 5) is 16.3. The number of nitrogens with zero attached hydrogens (tertiary/aromatic N) is 4. The lowest BCUT2D eigenvalue weighted by Crippen LogP contribution is -2.37. The fourth-order valence-corrected chi connectivity index (χ4v) is 4.33. The van der Waals surface area contributed by atoms with Gasteiger partial charge in [0, 0.05) is 54.8 Å². The highest BCUT2D eigenvalue weighted by Crippen LogP contribution is 2.30. The second-order valence-corrected chi connectivity index (χ2v) is 9.10. The van der Waals surface area contributed by atoms with Gasteiger partial charge in [0.05, 0.1) is 18.9 Å². The third-order valence-electron chi connectivity index (χ3n) is 6.27. The maximum Gasteiger partial charge on any atom is 0.573 e. The van der Waals surface area contributed by atoms with Crippen LogP contribution in [0.3, 0.4) is 0 Å². The van der Waals surface area contributed by atoms with E-state index < -0.39 is 6.36 Å². The van der Waals surface area contributed by atoms with E-state index in [0.29, 0.717) is 22.9 Å². The summed E-state index contributed by atoms with van der Waals surface area (Å²) in [5.74, 6) is 1.02. The minimum Gasteiger partial charge on any atom is -0.406 e. The molecule has 7 nitrogen and oxygen atoms in total. The molecule has 0 aliphatic carbocycles. The lowest BCUT2D eigenvalue weighted by molar-refractivity contribution is -0.274. The number of ether oxygens (including phenoxy) is 2. The first-order valence-corrected chi connectivity index (χ1v) is 12.7. The van der Waals surface area contributed by atoms with Crippen LogP contribution in [0.4, 0.5) is 19.0 Å². The summed E-state index contributed by atoms with van der Waals surface area (Å²) < 4.78 is 47.0. The monoisotopic (exact) mass is 535 g/mol. The summed E-state index contributed by atoms with van der Waals surface area (Å²) in [5.41, 5.74) is 3.79. The molecule has 3 heterocycles. The average molecular weight is 536 g/mol. The van der Waals surface area contributed by atoms with E-state index in [9.17, 15) is 13.2 Å². The van der Waals surface area contributed by atoms with Crippen molar-refractivity contribution in [2.45, 2.75) is 12.8 Å². The first-order chi connectivity index (χ1) is 18.9. The van der Waals surface area contributed by atoms with E-state index in [-0.39, 0.29) is 5.75 Å². The Morgan fingerprint density at radius 2 is 1.59 bits per heavy atom. The first kappa shape index (κ1) is 26.6. The van der Waals surface area contributed by atoms with Gasteiger partial charge in [0.15, 0.2) is 5.82 Å². The van der Waals surface area contributed by atoms with Gasteiger partial charge in [0.1, 0.15) is 11.6 Å². The number of alkyl halides is 3. The lowest BCUT2D eigenvalue weighted by Gasteiger charge is -2.26. The van der Waals surface area contributed by atoms with Crippen LogP contribution in [0.25, 0.3) is 33.8 Å². The predicted molar refractivity (Wildman–Crippen MR) is 143 cm³/mol. The molecule has 0 amide bonds. The van der Waals surface area contributed by atoms with Gasteiger partial charge in [0.2, 0.25) is 0 Å². The minimum absolute atomic E-state index is 0.275. The van der Waals surface area contributed by atoms with E-state index in [1.54, 1.807) is 24.5 Å². The molecule has 10 heteroatoms. The molecule has 1 saturated heterocycles. The number of nitrogens with one attached hydrogen (secondary N) is 1. The number of halogens is 3. The molecule has 0 spiro atoms. The molecular weight excluding hydrogens is 507 g/mol. The SMILES string of the molecule is FC(F)(F)Oc1ccc(-c2cncc(-c3cc(NCCCN4CCOCC4)nc(-c4ccccc4)n3)c2)cc1. The number of benzene rings is 2. The molecule has 0 radical (unpaired) electrons. The zero-order valence-corrected chi connectivity index (χ0v) is 21.2. The molecular formula is C29H28F3N5O2. The van der Waals surface area contributed by atoms with Crippen LogP contribution in [0.1, 0.15) is 6.42 Å². The van der Waals surface area contributed by atoms with Gasteiger partial charge < -0.3 is 14.8 Å². The van der Waals surface area contributed by atoms with E-state index in [2.05, 4.69) is 19.9 Å². The molecule has 1 N–H and O–H groups in total. The second kappa shape index (κ2) is 12.2. The molecule has 2 aromatic heterocycles. The summed E-state index contributed by atoms with van der Waals surface area (Å²) in [6.45, 7) is 5.21. The zero-order valence-electron chi connectivity index (χ0n) is 21.2. The third kappa shape index (κ3) is 7.52. The summed E-state index contributed by atoms with van der Waals surface area (Å²) >= 11 is 0. The molecule has 5 rings (SSSR count). The van der Waals surface area contributed by atoms with Crippen molar-refractivity contribution in [1.29, 1.82) is 0 Å². The molecule has 1 fully saturated rings. The van der Waals surface area contributed by atoms with Crippen LogP contribution in [0, 0.1) is 0 Å². The number of hydrogen-bond donors (Lipinski definition) is 1. The number of morpholine rings is 1. The Balaban J connectivity index is 1.37. The van der Waals surface area contributed by atoms with Crippen LogP contribution < -0.4 is 10.1 Å². The van der Waals surface area contributed by atoms with Crippen molar-refractivity contribution in [1.82, 2.24) is 19.9 Å². The van der Waals surface area contributed by atoms with Crippen molar-refractivity contribution in [3.8, 4) is 39.5 Å². The Labute approximate surface area is 224 Å². The van der Waals surface area contributed by atoms with Crippen LogP contribution in [-0.2, 0) is 4.74 Å². The Hall–Kier alpha value is -4.02. The topological polar surface area (TPSA) is 72.4 Å². The molecule has 0 saturated carbocycles. The zero-order chi connectivity index (χ0) is 27.1. The number of rotatable bonds is 9. The van der Waals surface area contributed by atoms with Gasteiger partial charge in [-0.1, -0.05) is 42.5 Å². The van der Waals surface area contributed by atoms with Crippen molar-refractivity contribution in [2.75, 3.05) is 44.7 Å². The van der Waals surface area contributed by atoms with Gasteiger partial charge in [0.25, 0.3) is 0 Å². The van der Waals surface area contributed by atoms with Crippen molar-refractivity contribution < 1.29 is 22.6 Å². The van der Waals surface area contributed by atoms with Crippen LogP contribution in [0.2, 0.25) is 0 Å². The number of pyridine rings is 1. The standard InChI is InChI=1S/C29H28F3N5O2/c30-29(31,32)39-25-9-7-21(8-10-25)23-17-24(20-33-19-23)26-18-27(34-11-4-12-37-13-15-38-16-14-37)36-28(35-26)22-5-2-1-3-6-22/h1-3,5-10,17-20H,4,11-16H2,(H,34,35,36). The summed E-state index contributed by atoms with van der Waals surface area (Å²) in [7, 11) is 0. The Morgan fingerprint density at radius 3 is 2.33 bits per heavy atom. The van der Waals surface area contributed by atoms with E-state index in [1.807, 2.05) is 42.5 Å². The largest absolute Gasteiger partial charge is 0.573 e. The van der Waals surface area contributed by atoms with E-state index in [1.165, 1.54) is 12.1 Å². The second-order valence-electron chi connectivity index (χ2n) is 9.10. The number of anilines is 1. The van der Waals surface area contributed by atoms with Gasteiger partial charge in [-0.2, -0.15) is 0 Å². The predicted octanol–water partition coefficient (Wildman–Crippen LogP) is 5.91. The van der Waals surface area contributed by atoms with Crippen LogP contribution in [0.5, 0.6) is 5.75 Å². The maximum absolute atomic E-state index is 12.5. The highest BCUT2D eigenvalue weighted by atomic mass is 19.4. The maximum atomic E-state index is 12.5. The molecule has 2 aromatic carbocycles. The van der Waals surface area contributed by atoms with Crippen LogP contribution in [0.15, 0.2) is 79.1 Å². The van der Waals surface area contributed by atoms with E-state index >= 15 is 0 Å². The minimum atomic E-state index is -4.74. The van der Waals surface area contributed by atoms with Gasteiger partial charge in [-0.3, -0.25) is 9.88 Å². The molecule has 39 heavy (non-hydrogen) atoms. The smallest absolute Gasteiger partial charge is 0.406 e. The van der Waals surface area contributed by atoms with Crippen molar-refractivity contribution in [2.24, 2.45) is 0 Å². The Kier molecular flexibility index (Phi) is 8.33. The molecule has 1 aliphatic rings. The molecule has 0 atom stereocenters. The lowest BCUT2D eigenvalue weighted by atomic mass is 10.0. The van der Waals surface area contributed by atoms with Crippen molar-refractivity contribution in [3.63, 3.8) is 0 Å². The number of aromatic nitrogens is 3. The van der Waals surface area contributed by atoms with Gasteiger partial charge >= 0.3 is 6.36 Å². The summed E-state index contributed by atoms with van der Waals surface area (Å²) in [5, 5.41) is 3.44. The number of hydrogen-bond acceptors (Lipinski definition) is 7. The summed E-state index contributed by atoms with van der Waals surface area (Å²) in [6, 6.07) is 19.2. The van der Waals surface area contributed by atoms with Crippen LogP contribution >= 0.6 is 0 Å². The Bertz CT molecular complexity index is 1360. The Morgan fingerprint density at radius 1 is 0.846 bits per heavy atom. The molecule has 0 unspecified atom stereocenters. The molecule has 4 aromatic rings. The van der Waals surface area contributed by atoms with Gasteiger partial charge in [-0.15, -0.1) is 13.2 Å². The van der Waals surface area contributed by atoms with E-state index in [4.69, 9.17) is 14.7 Å². The molecule has 1 aliphatic heterocycles. The highest BCUT2D eigenvalue weighted by Gasteiger charge is 2.31. The van der Waals surface area contributed by atoms with Crippen molar-refractivity contribution >= 4 is 5.82 Å². The average Bonchev–Trinajstić information content (AvgIpc) is 2.96. The molecule has 202 valence electrons. The highest BCUT2D eigenvalue weighted by molar-refractivity contribution is 5.73. The fourth-order valence-electron chi connectivity index (χ4n) is 4.33. The quantitative estimate of drug-likeness (QED) is 0.267.